The highest BCUT2D eigenvalue weighted by molar-refractivity contribution is 6.42. The highest BCUT2D eigenvalue weighted by atomic mass is 35.5. The molecule has 0 unspecified atom stereocenters. The van der Waals surface area contributed by atoms with Gasteiger partial charge >= 0.3 is 5.97 Å². The molecule has 134 valence electrons. The summed E-state index contributed by atoms with van der Waals surface area (Å²) in [5.41, 5.74) is 1.39. The summed E-state index contributed by atoms with van der Waals surface area (Å²) in [6.45, 7) is -0.123. The zero-order chi connectivity index (χ0) is 18.5. The van der Waals surface area contributed by atoms with Gasteiger partial charge in [-0.25, -0.2) is 0 Å². The maximum absolute atomic E-state index is 12.0. The first-order valence-corrected chi connectivity index (χ1v) is 8.38. The molecule has 8 heteroatoms. The van der Waals surface area contributed by atoms with Gasteiger partial charge in [0.2, 0.25) is 5.82 Å². The fourth-order valence-corrected chi connectivity index (χ4v) is 2.58. The number of carbonyl (C=O) groups is 1. The van der Waals surface area contributed by atoms with Gasteiger partial charge in [0.05, 0.1) is 29.1 Å². The molecular formula is C18H14Cl2N2O4. The van der Waals surface area contributed by atoms with Crippen LogP contribution < -0.4 is 4.74 Å². The van der Waals surface area contributed by atoms with E-state index in [0.717, 1.165) is 0 Å². The third kappa shape index (κ3) is 4.33. The van der Waals surface area contributed by atoms with Crippen LogP contribution in [0.4, 0.5) is 0 Å². The number of aromatic nitrogens is 2. The summed E-state index contributed by atoms with van der Waals surface area (Å²) >= 11 is 11.8. The molecule has 3 aromatic rings. The molecule has 6 nitrogen and oxygen atoms in total. The van der Waals surface area contributed by atoms with Crippen LogP contribution in [0.2, 0.25) is 10.0 Å². The number of ether oxygens (including phenoxy) is 2. The third-order valence-electron chi connectivity index (χ3n) is 3.51. The molecule has 1 aromatic heterocycles. The van der Waals surface area contributed by atoms with Crippen LogP contribution >= 0.6 is 23.2 Å². The Kier molecular flexibility index (Phi) is 5.75. The smallest absolute Gasteiger partial charge is 0.310 e. The van der Waals surface area contributed by atoms with Crippen LogP contribution in [-0.4, -0.2) is 23.2 Å². The summed E-state index contributed by atoms with van der Waals surface area (Å²) in [4.78, 5) is 16.2. The van der Waals surface area contributed by atoms with E-state index in [2.05, 4.69) is 10.1 Å². The number of rotatable bonds is 6. The molecule has 0 atom stereocenters. The molecule has 3 rings (SSSR count). The minimum Gasteiger partial charge on any atom is -0.496 e. The molecule has 0 aliphatic heterocycles. The molecule has 2 aromatic carbocycles. The number of halogens is 2. The van der Waals surface area contributed by atoms with E-state index in [0.29, 0.717) is 32.7 Å². The predicted octanol–water partition coefficient (Wildman–Crippen LogP) is 4.34. The van der Waals surface area contributed by atoms with Crippen molar-refractivity contribution in [2.75, 3.05) is 7.11 Å². The Morgan fingerprint density at radius 1 is 1.15 bits per heavy atom. The van der Waals surface area contributed by atoms with Crippen LogP contribution in [0.5, 0.6) is 5.75 Å². The fourth-order valence-electron chi connectivity index (χ4n) is 2.26. The molecule has 26 heavy (non-hydrogen) atoms. The fraction of sp³-hybridized carbons (Fsp3) is 0.167. The molecule has 0 saturated carbocycles. The first-order valence-electron chi connectivity index (χ1n) is 7.62. The van der Waals surface area contributed by atoms with Crippen LogP contribution in [-0.2, 0) is 22.6 Å². The summed E-state index contributed by atoms with van der Waals surface area (Å²) in [5.74, 6) is 0.725. The van der Waals surface area contributed by atoms with E-state index in [1.165, 1.54) is 0 Å². The van der Waals surface area contributed by atoms with Gasteiger partial charge in [0.15, 0.2) is 6.61 Å². The monoisotopic (exact) mass is 392 g/mol. The van der Waals surface area contributed by atoms with E-state index in [1.54, 1.807) is 31.4 Å². The lowest BCUT2D eigenvalue weighted by molar-refractivity contribution is -0.144. The van der Waals surface area contributed by atoms with Gasteiger partial charge in [0, 0.05) is 0 Å². The van der Waals surface area contributed by atoms with Crippen molar-refractivity contribution in [2.45, 2.75) is 13.0 Å². The van der Waals surface area contributed by atoms with Gasteiger partial charge in [0.25, 0.3) is 5.89 Å². The number of para-hydroxylation sites is 1. The Morgan fingerprint density at radius 2 is 1.96 bits per heavy atom. The van der Waals surface area contributed by atoms with Crippen molar-refractivity contribution in [1.29, 1.82) is 0 Å². The summed E-state index contributed by atoms with van der Waals surface area (Å²) in [6, 6.07) is 12.2. The molecule has 0 radical (unpaired) electrons. The van der Waals surface area contributed by atoms with E-state index in [1.807, 2.05) is 18.2 Å². The van der Waals surface area contributed by atoms with Crippen LogP contribution in [0.3, 0.4) is 0 Å². The van der Waals surface area contributed by atoms with Crippen LogP contribution in [0.1, 0.15) is 11.5 Å². The van der Waals surface area contributed by atoms with E-state index in [9.17, 15) is 4.79 Å². The quantitative estimate of drug-likeness (QED) is 0.580. The van der Waals surface area contributed by atoms with Gasteiger partial charge in [-0.15, -0.1) is 0 Å². The van der Waals surface area contributed by atoms with Gasteiger partial charge in [-0.3, -0.25) is 4.79 Å². The van der Waals surface area contributed by atoms with Gasteiger partial charge in [-0.1, -0.05) is 46.6 Å². The molecule has 0 fully saturated rings. The molecule has 0 saturated heterocycles. The van der Waals surface area contributed by atoms with E-state index < -0.39 is 5.97 Å². The second-order valence-electron chi connectivity index (χ2n) is 5.30. The minimum absolute atomic E-state index is 0.0599. The van der Waals surface area contributed by atoms with Crippen LogP contribution in [0.25, 0.3) is 11.4 Å². The highest BCUT2D eigenvalue weighted by Crippen LogP contribution is 2.27. The van der Waals surface area contributed by atoms with Gasteiger partial charge < -0.3 is 14.0 Å². The SMILES string of the molecule is COc1ccccc1-c1noc(COC(=O)Cc2ccc(Cl)c(Cl)c2)n1. The normalized spacial score (nSPS) is 10.6. The molecule has 0 amide bonds. The van der Waals surface area contributed by atoms with Crippen molar-refractivity contribution in [1.82, 2.24) is 10.1 Å². The number of esters is 1. The highest BCUT2D eigenvalue weighted by Gasteiger charge is 2.14. The molecule has 0 spiro atoms. The third-order valence-corrected chi connectivity index (χ3v) is 4.24. The first-order chi connectivity index (χ1) is 12.6. The van der Waals surface area contributed by atoms with Crippen molar-refractivity contribution in [3.63, 3.8) is 0 Å². The van der Waals surface area contributed by atoms with Crippen LogP contribution in [0.15, 0.2) is 47.0 Å². The zero-order valence-corrected chi connectivity index (χ0v) is 15.3. The molecule has 0 N–H and O–H groups in total. The van der Waals surface area contributed by atoms with Crippen molar-refractivity contribution in [2.24, 2.45) is 0 Å². The lowest BCUT2D eigenvalue weighted by atomic mass is 10.1. The number of hydrogen-bond donors (Lipinski definition) is 0. The molecule has 0 aliphatic carbocycles. The molecule has 0 bridgehead atoms. The molecule has 1 heterocycles. The predicted molar refractivity (Wildman–Crippen MR) is 96.2 cm³/mol. The van der Waals surface area contributed by atoms with Crippen molar-refractivity contribution >= 4 is 29.2 Å². The Bertz CT molecular complexity index is 927. The first kappa shape index (κ1) is 18.2. The summed E-state index contributed by atoms with van der Waals surface area (Å²) in [5, 5.41) is 4.70. The number of nitrogens with zero attached hydrogens (tertiary/aromatic N) is 2. The topological polar surface area (TPSA) is 74.5 Å². The number of methoxy groups -OCH3 is 1. The van der Waals surface area contributed by atoms with Crippen molar-refractivity contribution in [3.8, 4) is 17.1 Å². The van der Waals surface area contributed by atoms with Crippen LogP contribution in [0, 0.1) is 0 Å². The van der Waals surface area contributed by atoms with Gasteiger partial charge in [-0.05, 0) is 29.8 Å². The standard InChI is InChI=1S/C18H14Cl2N2O4/c1-24-15-5-3-2-4-12(15)18-21-16(26-22-18)10-25-17(23)9-11-6-7-13(19)14(20)8-11/h2-8H,9-10H2,1H3. The van der Waals surface area contributed by atoms with E-state index >= 15 is 0 Å². The Hall–Kier alpha value is -2.57. The Balaban J connectivity index is 1.61. The molecule has 0 aliphatic rings. The Morgan fingerprint density at radius 3 is 2.73 bits per heavy atom. The lowest BCUT2D eigenvalue weighted by Gasteiger charge is -2.04. The largest absolute Gasteiger partial charge is 0.496 e. The summed E-state index contributed by atoms with van der Waals surface area (Å²) in [7, 11) is 1.56. The lowest BCUT2D eigenvalue weighted by Crippen LogP contribution is -2.08. The maximum Gasteiger partial charge on any atom is 0.310 e. The van der Waals surface area contributed by atoms with Crippen molar-refractivity contribution < 1.29 is 18.8 Å². The van der Waals surface area contributed by atoms with Gasteiger partial charge in [-0.2, -0.15) is 4.98 Å². The van der Waals surface area contributed by atoms with E-state index in [-0.39, 0.29) is 18.9 Å². The second-order valence-corrected chi connectivity index (χ2v) is 6.11. The average Bonchev–Trinajstić information content (AvgIpc) is 3.12. The number of carbonyl (C=O) groups excluding carboxylic acids is 1. The van der Waals surface area contributed by atoms with Gasteiger partial charge in [0.1, 0.15) is 5.75 Å². The maximum atomic E-state index is 12.0. The second kappa shape index (κ2) is 8.21. The summed E-state index contributed by atoms with van der Waals surface area (Å²) < 4.78 is 15.6. The Labute approximate surface area is 159 Å². The van der Waals surface area contributed by atoms with Crippen molar-refractivity contribution in [3.05, 3.63) is 64.0 Å². The number of hydrogen-bond acceptors (Lipinski definition) is 6. The minimum atomic E-state index is -0.444. The van der Waals surface area contributed by atoms with E-state index in [4.69, 9.17) is 37.2 Å². The average molecular weight is 393 g/mol. The number of benzene rings is 2. The zero-order valence-electron chi connectivity index (χ0n) is 13.7. The summed E-state index contributed by atoms with van der Waals surface area (Å²) in [6.07, 6.45) is 0.0599. The molecular weight excluding hydrogens is 379 g/mol.